The van der Waals surface area contributed by atoms with E-state index in [2.05, 4.69) is 14.9 Å². The van der Waals surface area contributed by atoms with Crippen LogP contribution >= 0.6 is 0 Å². The van der Waals surface area contributed by atoms with Gasteiger partial charge in [0.1, 0.15) is 0 Å². The van der Waals surface area contributed by atoms with Gasteiger partial charge in [0.15, 0.2) is 5.03 Å². The molecule has 0 saturated heterocycles. The fourth-order valence-corrected chi connectivity index (χ4v) is 2.56. The van der Waals surface area contributed by atoms with Crippen molar-refractivity contribution in [2.45, 2.75) is 31.7 Å². The van der Waals surface area contributed by atoms with Crippen molar-refractivity contribution in [1.82, 2.24) is 14.9 Å². The number of aliphatic hydroxyl groups excluding tert-OH is 1. The summed E-state index contributed by atoms with van der Waals surface area (Å²) < 4.78 is 26.1. The lowest BCUT2D eigenvalue weighted by atomic mass is 9.84. The summed E-state index contributed by atoms with van der Waals surface area (Å²) in [5.41, 5.74) is -0.396. The van der Waals surface area contributed by atoms with Gasteiger partial charge in [-0.2, -0.15) is 5.10 Å². The molecule has 0 saturated carbocycles. The van der Waals surface area contributed by atoms with Crippen molar-refractivity contribution >= 4 is 10.0 Å². The fraction of sp³-hybridized carbons (Fsp3) is 0.700. The number of rotatable bonds is 7. The Morgan fingerprint density at radius 2 is 2.12 bits per heavy atom. The normalized spacial score (nSPS) is 12.9. The van der Waals surface area contributed by atoms with E-state index in [-0.39, 0.29) is 18.2 Å². The molecule has 6 nitrogen and oxygen atoms in total. The highest BCUT2D eigenvalue weighted by Crippen LogP contribution is 2.24. The molecule has 1 aromatic rings. The van der Waals surface area contributed by atoms with Gasteiger partial charge in [0.2, 0.25) is 0 Å². The number of nitrogens with zero attached hydrogens (tertiary/aromatic N) is 1. The average Bonchev–Trinajstić information content (AvgIpc) is 2.86. The van der Waals surface area contributed by atoms with E-state index in [0.29, 0.717) is 12.8 Å². The lowest BCUT2D eigenvalue weighted by Gasteiger charge is -2.29. The van der Waals surface area contributed by atoms with Gasteiger partial charge in [0.25, 0.3) is 10.0 Å². The second kappa shape index (κ2) is 5.61. The largest absolute Gasteiger partial charge is 0.396 e. The maximum Gasteiger partial charge on any atom is 0.257 e. The minimum Gasteiger partial charge on any atom is -0.396 e. The fourth-order valence-electron chi connectivity index (χ4n) is 1.50. The molecule has 1 aromatic heterocycles. The molecule has 0 atom stereocenters. The van der Waals surface area contributed by atoms with E-state index < -0.39 is 15.4 Å². The number of hydrogen-bond donors (Lipinski definition) is 3. The summed E-state index contributed by atoms with van der Waals surface area (Å²) in [4.78, 5) is 0. The molecule has 0 aliphatic carbocycles. The van der Waals surface area contributed by atoms with Crippen molar-refractivity contribution in [2.24, 2.45) is 5.41 Å². The molecular formula is C10H19N3O3S. The molecule has 0 aromatic carbocycles. The van der Waals surface area contributed by atoms with Crippen molar-refractivity contribution in [2.75, 3.05) is 13.2 Å². The van der Waals surface area contributed by atoms with Gasteiger partial charge in [-0.3, -0.25) is 5.10 Å². The number of sulfonamides is 1. The molecule has 0 aliphatic rings. The Balaban J connectivity index is 2.73. The number of H-pyrrole nitrogens is 1. The van der Waals surface area contributed by atoms with Crippen LogP contribution in [0.1, 0.15) is 26.7 Å². The average molecular weight is 261 g/mol. The molecule has 1 rings (SSSR count). The van der Waals surface area contributed by atoms with Crippen LogP contribution in [0.3, 0.4) is 0 Å². The molecule has 7 heteroatoms. The first-order valence-corrected chi connectivity index (χ1v) is 7.08. The van der Waals surface area contributed by atoms with Gasteiger partial charge < -0.3 is 5.11 Å². The third-order valence-electron chi connectivity index (χ3n) is 3.24. The summed E-state index contributed by atoms with van der Waals surface area (Å²) in [5.74, 6) is 0. The first-order chi connectivity index (χ1) is 7.99. The minimum atomic E-state index is -3.56. The Kier molecular flexibility index (Phi) is 4.67. The highest BCUT2D eigenvalue weighted by atomic mass is 32.2. The third-order valence-corrected chi connectivity index (χ3v) is 4.57. The van der Waals surface area contributed by atoms with Gasteiger partial charge in [-0.15, -0.1) is 0 Å². The summed E-state index contributed by atoms with van der Waals surface area (Å²) in [6, 6.07) is 1.39. The molecule has 17 heavy (non-hydrogen) atoms. The molecule has 3 N–H and O–H groups in total. The smallest absolute Gasteiger partial charge is 0.257 e. The van der Waals surface area contributed by atoms with Gasteiger partial charge in [-0.05, 0) is 18.9 Å². The van der Waals surface area contributed by atoms with E-state index in [1.807, 2.05) is 13.8 Å². The Morgan fingerprint density at radius 3 is 2.53 bits per heavy atom. The van der Waals surface area contributed by atoms with E-state index in [9.17, 15) is 13.5 Å². The Morgan fingerprint density at radius 1 is 1.47 bits per heavy atom. The summed E-state index contributed by atoms with van der Waals surface area (Å²) in [6.45, 7) is 4.05. The number of nitrogens with one attached hydrogen (secondary N) is 2. The van der Waals surface area contributed by atoms with Crippen LogP contribution in [-0.4, -0.2) is 36.9 Å². The van der Waals surface area contributed by atoms with Gasteiger partial charge in [-0.25, -0.2) is 13.1 Å². The predicted molar refractivity (Wildman–Crippen MR) is 63.9 cm³/mol. The van der Waals surface area contributed by atoms with Gasteiger partial charge in [-0.1, -0.05) is 13.8 Å². The molecule has 0 fully saturated rings. The molecule has 0 unspecified atom stereocenters. The summed E-state index contributed by atoms with van der Waals surface area (Å²) in [6.07, 6.45) is 2.81. The molecule has 0 radical (unpaired) electrons. The number of aliphatic hydroxyl groups is 1. The van der Waals surface area contributed by atoms with E-state index in [0.717, 1.165) is 0 Å². The standard InChI is InChI=1S/C10H19N3O3S/c1-3-10(4-2,8-14)7-12-17(15,16)9-5-6-11-13-9/h5-6,12,14H,3-4,7-8H2,1-2H3,(H,11,13). The molecule has 0 bridgehead atoms. The highest BCUT2D eigenvalue weighted by molar-refractivity contribution is 7.89. The topological polar surface area (TPSA) is 95.1 Å². The lowest BCUT2D eigenvalue weighted by molar-refractivity contribution is 0.119. The number of aromatic amines is 1. The SMILES string of the molecule is CCC(CC)(CO)CNS(=O)(=O)c1ccn[nH]1. The molecule has 0 amide bonds. The van der Waals surface area contributed by atoms with Crippen LogP contribution in [0, 0.1) is 5.41 Å². The van der Waals surface area contributed by atoms with Crippen LogP contribution in [0.25, 0.3) is 0 Å². The van der Waals surface area contributed by atoms with Crippen LogP contribution in [0.4, 0.5) is 0 Å². The molecule has 1 heterocycles. The maximum absolute atomic E-state index is 11.8. The van der Waals surface area contributed by atoms with Gasteiger partial charge in [0.05, 0.1) is 6.20 Å². The zero-order chi connectivity index (χ0) is 12.9. The van der Waals surface area contributed by atoms with Crippen LogP contribution < -0.4 is 4.72 Å². The first-order valence-electron chi connectivity index (χ1n) is 5.59. The summed E-state index contributed by atoms with van der Waals surface area (Å²) in [5, 5.41) is 15.4. The predicted octanol–water partition coefficient (Wildman–Crippen LogP) is 0.487. The maximum atomic E-state index is 11.8. The van der Waals surface area contributed by atoms with Crippen LogP contribution in [0.2, 0.25) is 0 Å². The van der Waals surface area contributed by atoms with Crippen molar-refractivity contribution in [1.29, 1.82) is 0 Å². The van der Waals surface area contributed by atoms with E-state index in [1.54, 1.807) is 0 Å². The minimum absolute atomic E-state index is 0.0362. The zero-order valence-corrected chi connectivity index (χ0v) is 10.9. The Hall–Kier alpha value is -0.920. The quantitative estimate of drug-likeness (QED) is 0.665. The Bertz CT molecular complexity index is 415. The Labute approximate surface area is 101 Å². The molecule has 98 valence electrons. The second-order valence-corrected chi connectivity index (χ2v) is 5.85. The van der Waals surface area contributed by atoms with Crippen molar-refractivity contribution < 1.29 is 13.5 Å². The molecule has 0 spiro atoms. The third kappa shape index (κ3) is 3.27. The van der Waals surface area contributed by atoms with Gasteiger partial charge in [0, 0.05) is 18.6 Å². The zero-order valence-electron chi connectivity index (χ0n) is 10.1. The number of aromatic nitrogens is 2. The summed E-state index contributed by atoms with van der Waals surface area (Å²) in [7, 11) is -3.56. The number of hydrogen-bond acceptors (Lipinski definition) is 4. The molecular weight excluding hydrogens is 242 g/mol. The van der Waals surface area contributed by atoms with Gasteiger partial charge >= 0.3 is 0 Å². The first kappa shape index (κ1) is 14.1. The van der Waals surface area contributed by atoms with Crippen molar-refractivity contribution in [3.63, 3.8) is 0 Å². The van der Waals surface area contributed by atoms with Crippen LogP contribution in [0.15, 0.2) is 17.3 Å². The monoisotopic (exact) mass is 261 g/mol. The highest BCUT2D eigenvalue weighted by Gasteiger charge is 2.28. The van der Waals surface area contributed by atoms with Crippen molar-refractivity contribution in [3.05, 3.63) is 12.3 Å². The van der Waals surface area contributed by atoms with Crippen LogP contribution in [-0.2, 0) is 10.0 Å². The second-order valence-electron chi connectivity index (χ2n) is 4.11. The van der Waals surface area contributed by atoms with E-state index >= 15 is 0 Å². The van der Waals surface area contributed by atoms with E-state index in [4.69, 9.17) is 0 Å². The van der Waals surface area contributed by atoms with Crippen LogP contribution in [0.5, 0.6) is 0 Å². The lowest BCUT2D eigenvalue weighted by Crippen LogP contribution is -2.39. The van der Waals surface area contributed by atoms with E-state index in [1.165, 1.54) is 12.3 Å². The summed E-state index contributed by atoms with van der Waals surface area (Å²) >= 11 is 0. The molecule has 0 aliphatic heterocycles. The van der Waals surface area contributed by atoms with Crippen molar-refractivity contribution in [3.8, 4) is 0 Å².